The fourth-order valence-electron chi connectivity index (χ4n) is 2.63. The molecule has 1 heterocycles. The maximum Gasteiger partial charge on any atom is 0.165 e. The lowest BCUT2D eigenvalue weighted by molar-refractivity contribution is -0.117. The molecule has 2 atom stereocenters. The first-order valence-electron chi connectivity index (χ1n) is 6.61. The first kappa shape index (κ1) is 13.4. The number of hydrogen-bond donors (Lipinski definition) is 1. The van der Waals surface area contributed by atoms with E-state index in [1.807, 2.05) is 4.68 Å². The Morgan fingerprint density at radius 3 is 2.89 bits per heavy atom. The second kappa shape index (κ2) is 5.32. The molecule has 6 nitrogen and oxygen atoms in total. The van der Waals surface area contributed by atoms with E-state index in [9.17, 15) is 0 Å². The van der Waals surface area contributed by atoms with E-state index in [0.29, 0.717) is 12.1 Å². The van der Waals surface area contributed by atoms with Crippen LogP contribution < -0.4 is 5.32 Å². The molecule has 1 aliphatic carbocycles. The molecule has 6 heteroatoms. The van der Waals surface area contributed by atoms with Gasteiger partial charge in [-0.15, -0.1) is 5.10 Å². The van der Waals surface area contributed by atoms with Gasteiger partial charge in [0.05, 0.1) is 18.7 Å². The lowest BCUT2D eigenvalue weighted by Gasteiger charge is -2.50. The summed E-state index contributed by atoms with van der Waals surface area (Å²) in [4.78, 5) is 0. The fourth-order valence-corrected chi connectivity index (χ4v) is 2.63. The van der Waals surface area contributed by atoms with E-state index in [-0.39, 0.29) is 5.41 Å². The van der Waals surface area contributed by atoms with Gasteiger partial charge in [0.15, 0.2) is 5.82 Å². The highest BCUT2D eigenvalue weighted by molar-refractivity contribution is 5.03. The van der Waals surface area contributed by atoms with Gasteiger partial charge in [0.25, 0.3) is 0 Å². The third-order valence-electron chi connectivity index (χ3n) is 3.98. The molecule has 0 saturated heterocycles. The summed E-state index contributed by atoms with van der Waals surface area (Å²) in [6.07, 6.45) is 2.39. The van der Waals surface area contributed by atoms with E-state index in [0.717, 1.165) is 31.8 Å². The van der Waals surface area contributed by atoms with Gasteiger partial charge in [-0.2, -0.15) is 0 Å². The monoisotopic (exact) mass is 253 g/mol. The SMILES string of the molecule is CCCNCc1nnnn1C1CC(OC)C1(C)C. The molecule has 1 aromatic heterocycles. The molecule has 2 unspecified atom stereocenters. The molecule has 1 saturated carbocycles. The number of aromatic nitrogens is 4. The van der Waals surface area contributed by atoms with Crippen molar-refractivity contribution in [3.63, 3.8) is 0 Å². The molecule has 0 spiro atoms. The van der Waals surface area contributed by atoms with E-state index in [2.05, 4.69) is 41.6 Å². The summed E-state index contributed by atoms with van der Waals surface area (Å²) in [6.45, 7) is 8.28. The Hall–Kier alpha value is -1.01. The number of rotatable bonds is 6. The highest BCUT2D eigenvalue weighted by Crippen LogP contribution is 2.50. The molecule has 1 aliphatic rings. The smallest absolute Gasteiger partial charge is 0.165 e. The summed E-state index contributed by atoms with van der Waals surface area (Å²) in [7, 11) is 1.77. The van der Waals surface area contributed by atoms with Gasteiger partial charge in [-0.25, -0.2) is 4.68 Å². The summed E-state index contributed by atoms with van der Waals surface area (Å²) < 4.78 is 7.43. The van der Waals surface area contributed by atoms with E-state index in [4.69, 9.17) is 4.74 Å². The van der Waals surface area contributed by atoms with Gasteiger partial charge in [-0.1, -0.05) is 20.8 Å². The highest BCUT2D eigenvalue weighted by Gasteiger charge is 2.51. The molecular formula is C12H23N5O. The number of ether oxygens (including phenoxy) is 1. The molecule has 1 aromatic rings. The lowest BCUT2D eigenvalue weighted by Crippen LogP contribution is -2.51. The minimum Gasteiger partial charge on any atom is -0.381 e. The van der Waals surface area contributed by atoms with Crippen LogP contribution >= 0.6 is 0 Å². The van der Waals surface area contributed by atoms with Crippen LogP contribution in [0.5, 0.6) is 0 Å². The van der Waals surface area contributed by atoms with Crippen LogP contribution in [0.4, 0.5) is 0 Å². The molecule has 0 aromatic carbocycles. The molecule has 0 amide bonds. The standard InChI is InChI=1S/C12H23N5O/c1-5-6-13-8-11-14-15-16-17(11)9-7-10(18-4)12(9,2)3/h9-10,13H,5-8H2,1-4H3. The van der Waals surface area contributed by atoms with Crippen molar-refractivity contribution in [2.75, 3.05) is 13.7 Å². The largest absolute Gasteiger partial charge is 0.381 e. The van der Waals surface area contributed by atoms with Crippen molar-refractivity contribution in [2.24, 2.45) is 5.41 Å². The summed E-state index contributed by atoms with van der Waals surface area (Å²) in [5.74, 6) is 0.913. The Balaban J connectivity index is 2.04. The van der Waals surface area contributed by atoms with E-state index in [1.54, 1.807) is 7.11 Å². The third kappa shape index (κ3) is 2.27. The summed E-state index contributed by atoms with van der Waals surface area (Å²) >= 11 is 0. The Labute approximate surface area is 108 Å². The predicted molar refractivity (Wildman–Crippen MR) is 68.0 cm³/mol. The van der Waals surface area contributed by atoms with Crippen LogP contribution in [0, 0.1) is 5.41 Å². The predicted octanol–water partition coefficient (Wildman–Crippen LogP) is 1.16. The van der Waals surface area contributed by atoms with Crippen LogP contribution in [0.25, 0.3) is 0 Å². The third-order valence-corrected chi connectivity index (χ3v) is 3.98. The Kier molecular flexibility index (Phi) is 3.97. The van der Waals surface area contributed by atoms with Crippen molar-refractivity contribution in [3.8, 4) is 0 Å². The van der Waals surface area contributed by atoms with Gasteiger partial charge in [0.2, 0.25) is 0 Å². The van der Waals surface area contributed by atoms with Crippen LogP contribution in [0.3, 0.4) is 0 Å². The zero-order chi connectivity index (χ0) is 13.2. The summed E-state index contributed by atoms with van der Waals surface area (Å²) in [5.41, 5.74) is 0.0869. The Bertz CT molecular complexity index is 390. The summed E-state index contributed by atoms with van der Waals surface area (Å²) in [6, 6.07) is 0.330. The van der Waals surface area contributed by atoms with Gasteiger partial charge < -0.3 is 10.1 Å². The second-order valence-electron chi connectivity index (χ2n) is 5.51. The topological polar surface area (TPSA) is 64.9 Å². The van der Waals surface area contributed by atoms with Crippen molar-refractivity contribution in [2.45, 2.75) is 52.3 Å². The van der Waals surface area contributed by atoms with Crippen molar-refractivity contribution < 1.29 is 4.74 Å². The van der Waals surface area contributed by atoms with Crippen LogP contribution in [-0.2, 0) is 11.3 Å². The van der Waals surface area contributed by atoms with Crippen molar-refractivity contribution in [1.29, 1.82) is 0 Å². The minimum absolute atomic E-state index is 0.0869. The van der Waals surface area contributed by atoms with Gasteiger partial charge in [-0.05, 0) is 29.8 Å². The average Bonchev–Trinajstić information content (AvgIpc) is 2.77. The van der Waals surface area contributed by atoms with Crippen LogP contribution in [-0.4, -0.2) is 40.0 Å². The van der Waals surface area contributed by atoms with Crippen LogP contribution in [0.2, 0.25) is 0 Å². The molecular weight excluding hydrogens is 230 g/mol. The molecule has 0 radical (unpaired) electrons. The molecule has 1 fully saturated rings. The highest BCUT2D eigenvalue weighted by atomic mass is 16.5. The number of nitrogens with one attached hydrogen (secondary N) is 1. The summed E-state index contributed by atoms with van der Waals surface area (Å²) in [5, 5.41) is 15.4. The van der Waals surface area contributed by atoms with Crippen molar-refractivity contribution in [3.05, 3.63) is 5.82 Å². The molecule has 0 bridgehead atoms. The van der Waals surface area contributed by atoms with E-state index < -0.39 is 0 Å². The lowest BCUT2D eigenvalue weighted by atomic mass is 9.64. The minimum atomic E-state index is 0.0869. The van der Waals surface area contributed by atoms with Crippen LogP contribution in [0.1, 0.15) is 45.5 Å². The molecule has 2 rings (SSSR count). The Morgan fingerprint density at radius 1 is 1.50 bits per heavy atom. The fraction of sp³-hybridized carbons (Fsp3) is 0.917. The Morgan fingerprint density at radius 2 is 2.28 bits per heavy atom. The number of nitrogens with zero attached hydrogens (tertiary/aromatic N) is 4. The number of tetrazole rings is 1. The van der Waals surface area contributed by atoms with Crippen molar-refractivity contribution >= 4 is 0 Å². The molecule has 102 valence electrons. The van der Waals surface area contributed by atoms with E-state index in [1.165, 1.54) is 0 Å². The maximum absolute atomic E-state index is 5.47. The zero-order valence-corrected chi connectivity index (χ0v) is 11.7. The van der Waals surface area contributed by atoms with Crippen LogP contribution in [0.15, 0.2) is 0 Å². The number of methoxy groups -OCH3 is 1. The normalized spacial score (nSPS) is 26.0. The van der Waals surface area contributed by atoms with Gasteiger partial charge in [0.1, 0.15) is 0 Å². The first-order valence-corrected chi connectivity index (χ1v) is 6.61. The molecule has 0 aliphatic heterocycles. The average molecular weight is 253 g/mol. The second-order valence-corrected chi connectivity index (χ2v) is 5.51. The maximum atomic E-state index is 5.47. The first-order chi connectivity index (χ1) is 8.61. The quantitative estimate of drug-likeness (QED) is 0.771. The number of hydrogen-bond acceptors (Lipinski definition) is 5. The molecule has 18 heavy (non-hydrogen) atoms. The van der Waals surface area contributed by atoms with Crippen molar-refractivity contribution in [1.82, 2.24) is 25.5 Å². The van der Waals surface area contributed by atoms with Gasteiger partial charge in [-0.3, -0.25) is 0 Å². The molecule has 1 N–H and O–H groups in total. The zero-order valence-electron chi connectivity index (χ0n) is 11.7. The van der Waals surface area contributed by atoms with E-state index >= 15 is 0 Å². The van der Waals surface area contributed by atoms with Gasteiger partial charge >= 0.3 is 0 Å². The van der Waals surface area contributed by atoms with Gasteiger partial charge in [0, 0.05) is 12.5 Å².